The van der Waals surface area contributed by atoms with Crippen molar-refractivity contribution in [1.82, 2.24) is 4.90 Å². The number of hydrogen-bond acceptors (Lipinski definition) is 3. The summed E-state index contributed by atoms with van der Waals surface area (Å²) >= 11 is 0. The highest BCUT2D eigenvalue weighted by atomic mass is 19.1. The maximum atomic E-state index is 14.0. The lowest BCUT2D eigenvalue weighted by atomic mass is 9.97. The van der Waals surface area contributed by atoms with Crippen LogP contribution in [0.25, 0.3) is 0 Å². The summed E-state index contributed by atoms with van der Waals surface area (Å²) < 4.78 is 32.5. The molecule has 1 aromatic rings. The third kappa shape index (κ3) is 3.04. The zero-order valence-corrected chi connectivity index (χ0v) is 12.0. The Morgan fingerprint density at radius 3 is 2.71 bits per heavy atom. The van der Waals surface area contributed by atoms with Crippen molar-refractivity contribution >= 4 is 11.9 Å². The third-order valence-corrected chi connectivity index (χ3v) is 3.74. The molecule has 1 aromatic carbocycles. The first-order chi connectivity index (χ1) is 9.95. The lowest BCUT2D eigenvalue weighted by molar-refractivity contribution is -0.146. The van der Waals surface area contributed by atoms with E-state index < -0.39 is 35.0 Å². The number of carbonyl (C=O) groups excluding carboxylic acids is 2. The molecule has 1 fully saturated rings. The maximum absolute atomic E-state index is 14.0. The van der Waals surface area contributed by atoms with Gasteiger partial charge >= 0.3 is 5.97 Å². The highest BCUT2D eigenvalue weighted by Crippen LogP contribution is 2.23. The van der Waals surface area contributed by atoms with Crippen LogP contribution in [0.5, 0.6) is 0 Å². The van der Waals surface area contributed by atoms with E-state index in [9.17, 15) is 18.4 Å². The molecule has 6 heteroatoms. The Labute approximate surface area is 121 Å². The molecule has 1 aliphatic rings. The van der Waals surface area contributed by atoms with Crippen LogP contribution in [0.1, 0.15) is 28.8 Å². The molecule has 0 aliphatic carbocycles. The minimum absolute atomic E-state index is 0.123. The average molecular weight is 297 g/mol. The van der Waals surface area contributed by atoms with Crippen LogP contribution in [-0.2, 0) is 9.53 Å². The molecule has 1 unspecified atom stereocenters. The van der Waals surface area contributed by atoms with Crippen molar-refractivity contribution in [3.05, 3.63) is 34.9 Å². The molecule has 2 rings (SSSR count). The van der Waals surface area contributed by atoms with E-state index in [-0.39, 0.29) is 12.1 Å². The number of ether oxygens (including phenoxy) is 1. The fourth-order valence-corrected chi connectivity index (χ4v) is 2.53. The molecule has 1 amide bonds. The van der Waals surface area contributed by atoms with Crippen molar-refractivity contribution in [3.63, 3.8) is 0 Å². The molecule has 21 heavy (non-hydrogen) atoms. The second-order valence-corrected chi connectivity index (χ2v) is 5.17. The predicted octanol–water partition coefficient (Wildman–Crippen LogP) is 2.30. The first kappa shape index (κ1) is 15.4. The van der Waals surface area contributed by atoms with E-state index >= 15 is 0 Å². The Kier molecular flexibility index (Phi) is 4.55. The molecule has 4 nitrogen and oxygen atoms in total. The number of benzene rings is 1. The van der Waals surface area contributed by atoms with E-state index in [1.165, 1.54) is 25.0 Å². The van der Waals surface area contributed by atoms with Gasteiger partial charge in [-0.05, 0) is 31.4 Å². The van der Waals surface area contributed by atoms with Gasteiger partial charge in [-0.15, -0.1) is 0 Å². The number of carbonyl (C=O) groups is 2. The number of aryl methyl sites for hydroxylation is 1. The SMILES string of the molecule is COC(=O)C1CCCN(C(=O)c2c(F)ccc(C)c2F)C1. The van der Waals surface area contributed by atoms with Crippen LogP contribution >= 0.6 is 0 Å². The number of esters is 1. The van der Waals surface area contributed by atoms with Gasteiger partial charge in [-0.3, -0.25) is 9.59 Å². The zero-order valence-electron chi connectivity index (χ0n) is 12.0. The normalized spacial score (nSPS) is 18.5. The number of rotatable bonds is 2. The Morgan fingerprint density at radius 2 is 2.05 bits per heavy atom. The summed E-state index contributed by atoms with van der Waals surface area (Å²) in [7, 11) is 1.28. The summed E-state index contributed by atoms with van der Waals surface area (Å²) in [6.07, 6.45) is 1.20. The van der Waals surface area contributed by atoms with Crippen LogP contribution in [0.3, 0.4) is 0 Å². The van der Waals surface area contributed by atoms with Crippen LogP contribution < -0.4 is 0 Å². The fraction of sp³-hybridized carbons (Fsp3) is 0.467. The Balaban J connectivity index is 2.24. The van der Waals surface area contributed by atoms with E-state index in [0.29, 0.717) is 19.4 Å². The number of methoxy groups -OCH3 is 1. The maximum Gasteiger partial charge on any atom is 0.310 e. The van der Waals surface area contributed by atoms with Gasteiger partial charge in [0.05, 0.1) is 13.0 Å². The third-order valence-electron chi connectivity index (χ3n) is 3.74. The van der Waals surface area contributed by atoms with Crippen LogP contribution in [0.4, 0.5) is 8.78 Å². The summed E-state index contributed by atoms with van der Waals surface area (Å²) in [5.74, 6) is -3.30. The second-order valence-electron chi connectivity index (χ2n) is 5.17. The first-order valence-corrected chi connectivity index (χ1v) is 6.77. The second kappa shape index (κ2) is 6.20. The van der Waals surface area contributed by atoms with Gasteiger partial charge in [0.25, 0.3) is 5.91 Å². The minimum Gasteiger partial charge on any atom is -0.469 e. The van der Waals surface area contributed by atoms with E-state index in [1.54, 1.807) is 0 Å². The Morgan fingerprint density at radius 1 is 1.33 bits per heavy atom. The van der Waals surface area contributed by atoms with Crippen molar-refractivity contribution in [2.24, 2.45) is 5.92 Å². The standard InChI is InChI=1S/C15H17F2NO3/c1-9-5-6-11(16)12(13(9)17)14(19)18-7-3-4-10(8-18)15(20)21-2/h5-6,10H,3-4,7-8H2,1-2H3. The van der Waals surface area contributed by atoms with Gasteiger partial charge in [0.2, 0.25) is 0 Å². The number of piperidine rings is 1. The fourth-order valence-electron chi connectivity index (χ4n) is 2.53. The van der Waals surface area contributed by atoms with Crippen molar-refractivity contribution in [1.29, 1.82) is 0 Å². The largest absolute Gasteiger partial charge is 0.469 e. The predicted molar refractivity (Wildman–Crippen MR) is 71.7 cm³/mol. The molecule has 0 N–H and O–H groups in total. The van der Waals surface area contributed by atoms with Gasteiger partial charge in [0, 0.05) is 13.1 Å². The number of hydrogen-bond donors (Lipinski definition) is 0. The molecule has 0 aromatic heterocycles. The molecular formula is C15H17F2NO3. The Bertz CT molecular complexity index is 574. The molecule has 1 aliphatic heterocycles. The average Bonchev–Trinajstić information content (AvgIpc) is 2.50. The van der Waals surface area contributed by atoms with Gasteiger partial charge in [-0.1, -0.05) is 6.07 Å². The highest BCUT2D eigenvalue weighted by molar-refractivity contribution is 5.95. The van der Waals surface area contributed by atoms with E-state index in [2.05, 4.69) is 4.74 Å². The number of nitrogens with zero attached hydrogens (tertiary/aromatic N) is 1. The molecule has 1 atom stereocenters. The lowest BCUT2D eigenvalue weighted by Crippen LogP contribution is -2.43. The quantitative estimate of drug-likeness (QED) is 0.787. The van der Waals surface area contributed by atoms with E-state index in [1.807, 2.05) is 0 Å². The number of likely N-dealkylation sites (tertiary alicyclic amines) is 1. The summed E-state index contributed by atoms with van der Waals surface area (Å²) in [5, 5.41) is 0. The summed E-state index contributed by atoms with van der Waals surface area (Å²) in [5.41, 5.74) is -0.346. The zero-order chi connectivity index (χ0) is 15.6. The Hall–Kier alpha value is -1.98. The smallest absolute Gasteiger partial charge is 0.310 e. The van der Waals surface area contributed by atoms with Gasteiger partial charge in [-0.2, -0.15) is 0 Å². The highest BCUT2D eigenvalue weighted by Gasteiger charge is 2.32. The summed E-state index contributed by atoms with van der Waals surface area (Å²) in [4.78, 5) is 25.2. The topological polar surface area (TPSA) is 46.6 Å². The van der Waals surface area contributed by atoms with Gasteiger partial charge in [0.1, 0.15) is 17.2 Å². The van der Waals surface area contributed by atoms with Gasteiger partial charge in [0.15, 0.2) is 0 Å². The molecule has 1 heterocycles. The van der Waals surface area contributed by atoms with Gasteiger partial charge in [-0.25, -0.2) is 8.78 Å². The molecular weight excluding hydrogens is 280 g/mol. The molecule has 0 spiro atoms. The molecule has 0 radical (unpaired) electrons. The van der Waals surface area contributed by atoms with E-state index in [0.717, 1.165) is 6.07 Å². The van der Waals surface area contributed by atoms with Crippen LogP contribution in [0, 0.1) is 24.5 Å². The van der Waals surface area contributed by atoms with Crippen molar-refractivity contribution in [2.45, 2.75) is 19.8 Å². The van der Waals surface area contributed by atoms with Crippen molar-refractivity contribution in [3.8, 4) is 0 Å². The number of amides is 1. The molecule has 114 valence electrons. The molecule has 0 bridgehead atoms. The first-order valence-electron chi connectivity index (χ1n) is 6.77. The van der Waals surface area contributed by atoms with Gasteiger partial charge < -0.3 is 9.64 Å². The lowest BCUT2D eigenvalue weighted by Gasteiger charge is -2.31. The van der Waals surface area contributed by atoms with Crippen molar-refractivity contribution in [2.75, 3.05) is 20.2 Å². The van der Waals surface area contributed by atoms with E-state index in [4.69, 9.17) is 0 Å². The van der Waals surface area contributed by atoms with Crippen LogP contribution in [0.15, 0.2) is 12.1 Å². The number of halogens is 2. The summed E-state index contributed by atoms with van der Waals surface area (Å²) in [6, 6.07) is 2.36. The summed E-state index contributed by atoms with van der Waals surface area (Å²) in [6.45, 7) is 1.97. The minimum atomic E-state index is -0.886. The van der Waals surface area contributed by atoms with Crippen LogP contribution in [0.2, 0.25) is 0 Å². The van der Waals surface area contributed by atoms with Crippen molar-refractivity contribution < 1.29 is 23.1 Å². The van der Waals surface area contributed by atoms with Crippen LogP contribution in [-0.4, -0.2) is 37.0 Å². The molecule has 0 saturated carbocycles. The monoisotopic (exact) mass is 297 g/mol. The molecule has 1 saturated heterocycles.